The summed E-state index contributed by atoms with van der Waals surface area (Å²) in [4.78, 5) is 2.57. The molecule has 0 N–H and O–H groups in total. The molecule has 1 saturated heterocycles. The zero-order valence-corrected chi connectivity index (χ0v) is 16.0. The zero-order valence-electron chi connectivity index (χ0n) is 16.0. The Morgan fingerprint density at radius 2 is 1.61 bits per heavy atom. The minimum atomic E-state index is -4.29. The van der Waals surface area contributed by atoms with Crippen molar-refractivity contribution < 1.29 is 13.2 Å². The molecule has 1 nitrogen and oxygen atoms in total. The maximum atomic E-state index is 12.9. The lowest BCUT2D eigenvalue weighted by Gasteiger charge is -2.43. The van der Waals surface area contributed by atoms with E-state index in [1.165, 1.54) is 54.5 Å². The molecule has 0 spiro atoms. The monoisotopic (exact) mass is 385 g/mol. The van der Waals surface area contributed by atoms with E-state index in [2.05, 4.69) is 17.0 Å². The van der Waals surface area contributed by atoms with Gasteiger partial charge in [0.1, 0.15) is 0 Å². The third-order valence-corrected chi connectivity index (χ3v) is 6.08. The van der Waals surface area contributed by atoms with Crippen LogP contribution >= 0.6 is 0 Å². The van der Waals surface area contributed by atoms with Crippen molar-refractivity contribution in [2.75, 3.05) is 13.1 Å². The van der Waals surface area contributed by atoms with E-state index in [4.69, 9.17) is 0 Å². The number of hydrogen-bond donors (Lipinski definition) is 0. The second-order valence-electron chi connectivity index (χ2n) is 7.89. The average molecular weight is 385 g/mol. The smallest absolute Gasteiger partial charge is 0.297 e. The normalized spacial score (nSPS) is 22.6. The van der Waals surface area contributed by atoms with Crippen LogP contribution in [0.2, 0.25) is 0 Å². The number of hydrogen-bond acceptors (Lipinski definition) is 1. The van der Waals surface area contributed by atoms with Crippen LogP contribution in [0.4, 0.5) is 13.2 Å². The summed E-state index contributed by atoms with van der Waals surface area (Å²) in [7, 11) is 0. The summed E-state index contributed by atoms with van der Waals surface area (Å²) in [6.45, 7) is 2.33. The first-order valence-corrected chi connectivity index (χ1v) is 10.2. The van der Waals surface area contributed by atoms with Crippen molar-refractivity contribution in [3.05, 3.63) is 76.9 Å². The lowest BCUT2D eigenvalue weighted by atomic mass is 9.81. The van der Waals surface area contributed by atoms with Crippen molar-refractivity contribution in [2.24, 2.45) is 0 Å². The molecule has 1 saturated carbocycles. The molecule has 2 fully saturated rings. The van der Waals surface area contributed by atoms with Gasteiger partial charge in [-0.3, -0.25) is 4.90 Å². The summed E-state index contributed by atoms with van der Waals surface area (Å²) >= 11 is 0. The first-order valence-electron chi connectivity index (χ1n) is 10.2. The second-order valence-corrected chi connectivity index (χ2v) is 7.89. The maximum absolute atomic E-state index is 12.9. The molecule has 28 heavy (non-hydrogen) atoms. The topological polar surface area (TPSA) is 3.24 Å². The molecule has 4 rings (SSSR count). The van der Waals surface area contributed by atoms with Gasteiger partial charge >= 0.3 is 6.18 Å². The van der Waals surface area contributed by atoms with Crippen LogP contribution in [0.3, 0.4) is 0 Å². The molecule has 2 aromatic rings. The summed E-state index contributed by atoms with van der Waals surface area (Å²) in [5.41, 5.74) is 4.35. The van der Waals surface area contributed by atoms with Gasteiger partial charge in [-0.05, 0) is 79.6 Å². The number of alkyl halides is 3. The van der Waals surface area contributed by atoms with E-state index in [0.717, 1.165) is 25.1 Å². The van der Waals surface area contributed by atoms with Crippen LogP contribution in [0.25, 0.3) is 5.57 Å². The SMILES string of the molecule is FC(F)(F)c1ccc(CC(=C2CCCCC2N2CCC2)c2ccccc2)cc1. The van der Waals surface area contributed by atoms with Crippen LogP contribution in [0.1, 0.15) is 48.8 Å². The van der Waals surface area contributed by atoms with E-state index in [1.54, 1.807) is 12.1 Å². The molecule has 1 aliphatic carbocycles. The van der Waals surface area contributed by atoms with Crippen molar-refractivity contribution in [3.63, 3.8) is 0 Å². The number of rotatable bonds is 4. The predicted molar refractivity (Wildman–Crippen MR) is 107 cm³/mol. The van der Waals surface area contributed by atoms with E-state index in [9.17, 15) is 13.2 Å². The average Bonchev–Trinajstić information content (AvgIpc) is 2.66. The minimum absolute atomic E-state index is 0.493. The highest BCUT2D eigenvalue weighted by atomic mass is 19.4. The van der Waals surface area contributed by atoms with E-state index in [0.29, 0.717) is 12.5 Å². The quantitative estimate of drug-likeness (QED) is 0.593. The molecule has 0 amide bonds. The third kappa shape index (κ3) is 4.17. The molecule has 148 valence electrons. The number of allylic oxidation sites excluding steroid dienone is 1. The molecule has 4 heteroatoms. The fourth-order valence-electron chi connectivity index (χ4n) is 4.46. The van der Waals surface area contributed by atoms with Crippen molar-refractivity contribution >= 4 is 5.57 Å². The van der Waals surface area contributed by atoms with Gasteiger partial charge in [0.15, 0.2) is 0 Å². The van der Waals surface area contributed by atoms with E-state index >= 15 is 0 Å². The van der Waals surface area contributed by atoms with E-state index < -0.39 is 11.7 Å². The van der Waals surface area contributed by atoms with Crippen LogP contribution < -0.4 is 0 Å². The number of nitrogens with zero attached hydrogens (tertiary/aromatic N) is 1. The minimum Gasteiger partial charge on any atom is -0.297 e. The van der Waals surface area contributed by atoms with Crippen molar-refractivity contribution in [1.29, 1.82) is 0 Å². The number of likely N-dealkylation sites (tertiary alicyclic amines) is 1. The summed E-state index contributed by atoms with van der Waals surface area (Å²) in [6.07, 6.45) is 2.40. The van der Waals surface area contributed by atoms with Crippen LogP contribution in [-0.2, 0) is 12.6 Å². The van der Waals surface area contributed by atoms with Crippen molar-refractivity contribution in [3.8, 4) is 0 Å². The number of halogens is 3. The summed E-state index contributed by atoms with van der Waals surface area (Å²) in [5, 5.41) is 0. The Morgan fingerprint density at radius 1 is 0.893 bits per heavy atom. The van der Waals surface area contributed by atoms with Crippen LogP contribution in [-0.4, -0.2) is 24.0 Å². The summed E-state index contributed by atoms with van der Waals surface area (Å²) in [6, 6.07) is 16.5. The largest absolute Gasteiger partial charge is 0.416 e. The van der Waals surface area contributed by atoms with E-state index in [-0.39, 0.29) is 0 Å². The molecule has 2 aliphatic rings. The molecule has 1 atom stereocenters. The Morgan fingerprint density at radius 3 is 2.21 bits per heavy atom. The third-order valence-electron chi connectivity index (χ3n) is 6.08. The molecule has 2 aromatic carbocycles. The van der Waals surface area contributed by atoms with Gasteiger partial charge in [-0.1, -0.05) is 48.9 Å². The van der Waals surface area contributed by atoms with Crippen LogP contribution in [0.15, 0.2) is 60.2 Å². The zero-order chi connectivity index (χ0) is 19.6. The molecule has 1 unspecified atom stereocenters. The second kappa shape index (κ2) is 8.12. The van der Waals surface area contributed by atoms with Gasteiger partial charge in [0.05, 0.1) is 5.56 Å². The Hall–Kier alpha value is -2.07. The van der Waals surface area contributed by atoms with E-state index in [1.807, 2.05) is 18.2 Å². The molecule has 1 aliphatic heterocycles. The summed E-state index contributed by atoms with van der Waals surface area (Å²) < 4.78 is 38.7. The first-order chi connectivity index (χ1) is 13.5. The molecule has 1 heterocycles. The number of benzene rings is 2. The van der Waals surface area contributed by atoms with Gasteiger partial charge < -0.3 is 0 Å². The highest BCUT2D eigenvalue weighted by molar-refractivity contribution is 5.72. The molecule has 0 radical (unpaired) electrons. The van der Waals surface area contributed by atoms with Crippen molar-refractivity contribution in [1.82, 2.24) is 4.90 Å². The first kappa shape index (κ1) is 19.3. The van der Waals surface area contributed by atoms with Gasteiger partial charge in [-0.2, -0.15) is 13.2 Å². The standard InChI is InChI=1S/C24H26F3N/c25-24(26,27)20-13-11-18(12-14-20)17-22(19-7-2-1-3-8-19)21-9-4-5-10-23(21)28-15-6-16-28/h1-3,7-8,11-14,23H,4-6,9-10,15-17H2. The Balaban J connectivity index is 1.70. The van der Waals surface area contributed by atoms with Gasteiger partial charge in [0.25, 0.3) is 0 Å². The lowest BCUT2D eigenvalue weighted by molar-refractivity contribution is -0.137. The lowest BCUT2D eigenvalue weighted by Crippen LogP contribution is -2.47. The fraction of sp³-hybridized carbons (Fsp3) is 0.417. The Labute approximate surface area is 164 Å². The predicted octanol–water partition coefficient (Wildman–Crippen LogP) is 6.35. The van der Waals surface area contributed by atoms with Gasteiger partial charge in [-0.15, -0.1) is 0 Å². The van der Waals surface area contributed by atoms with Gasteiger partial charge in [0.2, 0.25) is 0 Å². The van der Waals surface area contributed by atoms with Crippen LogP contribution in [0, 0.1) is 0 Å². The molecular formula is C24H26F3N. The molecule has 0 aromatic heterocycles. The Bertz CT molecular complexity index is 817. The van der Waals surface area contributed by atoms with Crippen LogP contribution in [0.5, 0.6) is 0 Å². The highest BCUT2D eigenvalue weighted by Gasteiger charge is 2.32. The molecule has 0 bridgehead atoms. The molecular weight excluding hydrogens is 359 g/mol. The highest BCUT2D eigenvalue weighted by Crippen LogP contribution is 2.37. The Kier molecular flexibility index (Phi) is 5.58. The van der Waals surface area contributed by atoms with Gasteiger partial charge in [0, 0.05) is 6.04 Å². The summed E-state index contributed by atoms with van der Waals surface area (Å²) in [5.74, 6) is 0. The van der Waals surface area contributed by atoms with Gasteiger partial charge in [-0.25, -0.2) is 0 Å². The fourth-order valence-corrected chi connectivity index (χ4v) is 4.46. The maximum Gasteiger partial charge on any atom is 0.416 e. The van der Waals surface area contributed by atoms with Crippen molar-refractivity contribution in [2.45, 2.75) is 50.7 Å².